The molecule has 1 aliphatic heterocycles. The number of carbonyl (C=O) groups excluding carboxylic acids is 1. The molecule has 0 spiro atoms. The summed E-state index contributed by atoms with van der Waals surface area (Å²) in [6.07, 6.45) is -0.344. The van der Waals surface area contributed by atoms with Crippen molar-refractivity contribution in [2.24, 2.45) is 0 Å². The van der Waals surface area contributed by atoms with Crippen LogP contribution in [0.2, 0.25) is 0 Å². The van der Waals surface area contributed by atoms with E-state index >= 15 is 0 Å². The Balaban J connectivity index is 1.42. The van der Waals surface area contributed by atoms with E-state index in [1.54, 1.807) is 17.0 Å². The van der Waals surface area contributed by atoms with E-state index in [-0.39, 0.29) is 42.2 Å². The summed E-state index contributed by atoms with van der Waals surface area (Å²) < 4.78 is 25.8. The minimum atomic E-state index is -0.344. The number of benzene rings is 2. The van der Waals surface area contributed by atoms with Crippen LogP contribution < -0.4 is 10.3 Å². The fourth-order valence-electron chi connectivity index (χ4n) is 3.36. The first-order valence-electron chi connectivity index (χ1n) is 10.0. The van der Waals surface area contributed by atoms with Crippen molar-refractivity contribution in [3.05, 3.63) is 94.2 Å². The molecular weight excluding hydrogens is 401 g/mol. The second kappa shape index (κ2) is 9.53. The lowest BCUT2D eigenvalue weighted by Crippen LogP contribution is -2.43. The molecule has 31 heavy (non-hydrogen) atoms. The van der Waals surface area contributed by atoms with Gasteiger partial charge in [0.05, 0.1) is 19.7 Å². The van der Waals surface area contributed by atoms with Crippen molar-refractivity contribution in [1.82, 2.24) is 14.7 Å². The van der Waals surface area contributed by atoms with Gasteiger partial charge in [0.1, 0.15) is 30.0 Å². The molecule has 1 saturated heterocycles. The summed E-state index contributed by atoms with van der Waals surface area (Å²) >= 11 is 0. The molecule has 2 heterocycles. The average Bonchev–Trinajstić information content (AvgIpc) is 2.81. The lowest BCUT2D eigenvalue weighted by atomic mass is 10.1. The summed E-state index contributed by atoms with van der Waals surface area (Å²) in [5, 5.41) is 4.23. The van der Waals surface area contributed by atoms with Gasteiger partial charge in [-0.1, -0.05) is 30.3 Å². The fraction of sp³-hybridized carbons (Fsp3) is 0.261. The molecule has 0 N–H and O–H groups in total. The van der Waals surface area contributed by atoms with Crippen LogP contribution in [0.1, 0.15) is 22.2 Å². The molecule has 1 atom stereocenters. The molecule has 160 valence electrons. The molecule has 2 aromatic carbocycles. The van der Waals surface area contributed by atoms with Crippen LogP contribution in [0.4, 0.5) is 4.39 Å². The molecular formula is C23H22FN3O4. The van der Waals surface area contributed by atoms with Crippen LogP contribution in [0.15, 0.2) is 71.5 Å². The molecule has 8 heteroatoms. The van der Waals surface area contributed by atoms with E-state index in [2.05, 4.69) is 5.10 Å². The number of aromatic nitrogens is 2. The number of hydrogen-bond acceptors (Lipinski definition) is 5. The first kappa shape index (κ1) is 20.7. The second-order valence-electron chi connectivity index (χ2n) is 7.10. The van der Waals surface area contributed by atoms with Crippen LogP contribution in [0.5, 0.6) is 5.75 Å². The largest absolute Gasteiger partial charge is 0.492 e. The first-order valence-corrected chi connectivity index (χ1v) is 10.0. The fourth-order valence-corrected chi connectivity index (χ4v) is 3.36. The summed E-state index contributed by atoms with van der Waals surface area (Å²) in [4.78, 5) is 26.8. The molecule has 0 saturated carbocycles. The van der Waals surface area contributed by atoms with Crippen molar-refractivity contribution in [2.75, 3.05) is 26.3 Å². The van der Waals surface area contributed by atoms with Gasteiger partial charge in [0.2, 0.25) is 0 Å². The zero-order chi connectivity index (χ0) is 21.6. The smallest absolute Gasteiger partial charge is 0.274 e. The van der Waals surface area contributed by atoms with E-state index in [0.29, 0.717) is 25.4 Å². The van der Waals surface area contributed by atoms with E-state index in [1.807, 2.05) is 30.3 Å². The van der Waals surface area contributed by atoms with E-state index < -0.39 is 0 Å². The third-order valence-corrected chi connectivity index (χ3v) is 5.00. The standard InChI is InChI=1S/C23H22FN3O4/c24-18-8-6-17(7-9-18)21-16-26(12-14-31-21)23(29)20-10-11-22(28)27(25-20)13-15-30-19-4-2-1-3-5-19/h1-11,21H,12-16H2. The van der Waals surface area contributed by atoms with Crippen molar-refractivity contribution in [3.63, 3.8) is 0 Å². The van der Waals surface area contributed by atoms with Gasteiger partial charge in [-0.3, -0.25) is 9.59 Å². The van der Waals surface area contributed by atoms with Gasteiger partial charge in [0, 0.05) is 12.6 Å². The van der Waals surface area contributed by atoms with Gasteiger partial charge in [-0.2, -0.15) is 5.10 Å². The van der Waals surface area contributed by atoms with Crippen LogP contribution in [-0.4, -0.2) is 46.9 Å². The Morgan fingerprint density at radius 3 is 2.65 bits per heavy atom. The number of carbonyl (C=O) groups is 1. The number of para-hydroxylation sites is 1. The number of morpholine rings is 1. The Morgan fingerprint density at radius 2 is 1.87 bits per heavy atom. The third kappa shape index (κ3) is 5.16. The van der Waals surface area contributed by atoms with Crippen molar-refractivity contribution in [2.45, 2.75) is 12.6 Å². The summed E-state index contributed by atoms with van der Waals surface area (Å²) in [7, 11) is 0. The normalized spacial score (nSPS) is 16.2. The zero-order valence-corrected chi connectivity index (χ0v) is 16.8. The maximum Gasteiger partial charge on any atom is 0.274 e. The summed E-state index contributed by atoms with van der Waals surface area (Å²) in [5.41, 5.74) is 0.674. The SMILES string of the molecule is O=C(c1ccc(=O)n(CCOc2ccccc2)n1)N1CCOC(c2ccc(F)cc2)C1. The highest BCUT2D eigenvalue weighted by molar-refractivity contribution is 5.92. The minimum Gasteiger partial charge on any atom is -0.492 e. The van der Waals surface area contributed by atoms with Crippen molar-refractivity contribution < 1.29 is 18.7 Å². The summed E-state index contributed by atoms with van der Waals surface area (Å²) in [5.74, 6) is 0.0891. The van der Waals surface area contributed by atoms with E-state index in [9.17, 15) is 14.0 Å². The molecule has 1 unspecified atom stereocenters. The molecule has 3 aromatic rings. The van der Waals surface area contributed by atoms with Crippen LogP contribution in [0.3, 0.4) is 0 Å². The minimum absolute atomic E-state index is 0.180. The molecule has 1 aromatic heterocycles. The Bertz CT molecular complexity index is 1090. The zero-order valence-electron chi connectivity index (χ0n) is 16.8. The maximum absolute atomic E-state index is 13.2. The lowest BCUT2D eigenvalue weighted by molar-refractivity contribution is -0.0231. The molecule has 0 bridgehead atoms. The Morgan fingerprint density at radius 1 is 1.10 bits per heavy atom. The number of hydrogen-bond donors (Lipinski definition) is 0. The predicted molar refractivity (Wildman–Crippen MR) is 111 cm³/mol. The van der Waals surface area contributed by atoms with Crippen molar-refractivity contribution in [3.8, 4) is 5.75 Å². The highest BCUT2D eigenvalue weighted by atomic mass is 19.1. The van der Waals surface area contributed by atoms with Gasteiger partial charge >= 0.3 is 0 Å². The van der Waals surface area contributed by atoms with Gasteiger partial charge in [-0.25, -0.2) is 9.07 Å². The second-order valence-corrected chi connectivity index (χ2v) is 7.10. The first-order chi connectivity index (χ1) is 15.1. The highest BCUT2D eigenvalue weighted by Crippen LogP contribution is 2.23. The average molecular weight is 423 g/mol. The van der Waals surface area contributed by atoms with Crippen LogP contribution in [-0.2, 0) is 11.3 Å². The Kier molecular flexibility index (Phi) is 6.37. The molecule has 1 aliphatic rings. The maximum atomic E-state index is 13.2. The van der Waals surface area contributed by atoms with Crippen LogP contribution in [0, 0.1) is 5.82 Å². The molecule has 7 nitrogen and oxygen atoms in total. The Hall–Kier alpha value is -3.52. The molecule has 1 amide bonds. The number of nitrogens with zero attached hydrogens (tertiary/aromatic N) is 3. The highest BCUT2D eigenvalue weighted by Gasteiger charge is 2.27. The van der Waals surface area contributed by atoms with Gasteiger partial charge in [0.15, 0.2) is 0 Å². The van der Waals surface area contributed by atoms with Gasteiger partial charge in [-0.15, -0.1) is 0 Å². The molecule has 0 radical (unpaired) electrons. The van der Waals surface area contributed by atoms with E-state index in [0.717, 1.165) is 5.56 Å². The molecule has 4 rings (SSSR count). The number of ether oxygens (including phenoxy) is 2. The van der Waals surface area contributed by atoms with E-state index in [4.69, 9.17) is 9.47 Å². The third-order valence-electron chi connectivity index (χ3n) is 5.00. The van der Waals surface area contributed by atoms with Gasteiger partial charge < -0.3 is 14.4 Å². The van der Waals surface area contributed by atoms with Crippen molar-refractivity contribution in [1.29, 1.82) is 0 Å². The lowest BCUT2D eigenvalue weighted by Gasteiger charge is -2.33. The number of amides is 1. The summed E-state index contributed by atoms with van der Waals surface area (Å²) in [6.45, 7) is 1.56. The topological polar surface area (TPSA) is 73.7 Å². The Labute approximate surface area is 178 Å². The van der Waals surface area contributed by atoms with E-state index in [1.165, 1.54) is 28.9 Å². The number of rotatable bonds is 6. The van der Waals surface area contributed by atoms with Gasteiger partial charge in [-0.05, 0) is 35.9 Å². The van der Waals surface area contributed by atoms with Crippen LogP contribution in [0.25, 0.3) is 0 Å². The molecule has 0 aliphatic carbocycles. The molecule has 1 fully saturated rings. The van der Waals surface area contributed by atoms with Crippen LogP contribution >= 0.6 is 0 Å². The van der Waals surface area contributed by atoms with Gasteiger partial charge in [0.25, 0.3) is 11.5 Å². The monoisotopic (exact) mass is 423 g/mol. The summed E-state index contributed by atoms with van der Waals surface area (Å²) in [6, 6.07) is 18.1. The quantitative estimate of drug-likeness (QED) is 0.610. The van der Waals surface area contributed by atoms with Crippen molar-refractivity contribution >= 4 is 5.91 Å². The number of halogens is 1. The predicted octanol–water partition coefficient (Wildman–Crippen LogP) is 2.68.